The van der Waals surface area contributed by atoms with Crippen LogP contribution < -0.4 is 11.1 Å². The summed E-state index contributed by atoms with van der Waals surface area (Å²) in [4.78, 5) is 19.1. The predicted molar refractivity (Wildman–Crippen MR) is 150 cm³/mol. The van der Waals surface area contributed by atoms with Crippen molar-refractivity contribution in [1.82, 2.24) is 9.79 Å². The number of ether oxygens (including phenoxy) is 3. The number of sulfonamides is 1. The van der Waals surface area contributed by atoms with Crippen molar-refractivity contribution in [2.75, 3.05) is 25.5 Å². The Morgan fingerprint density at radius 3 is 2.51 bits per heavy atom. The Balaban J connectivity index is 1.34. The molecule has 0 bridgehead atoms. The smallest absolute Gasteiger partial charge is 0.407 e. The Kier molecular flexibility index (Phi) is 9.79. The van der Waals surface area contributed by atoms with Crippen LogP contribution in [0.25, 0.3) is 0 Å². The zero-order valence-corrected chi connectivity index (χ0v) is 23.8. The second kappa shape index (κ2) is 13.5. The van der Waals surface area contributed by atoms with Gasteiger partial charge in [-0.25, -0.2) is 13.2 Å². The number of anilines is 1. The van der Waals surface area contributed by atoms with E-state index in [4.69, 9.17) is 24.8 Å². The fraction of sp³-hybridized carbons (Fsp3) is 0.552. The minimum absolute atomic E-state index is 0.00346. The lowest BCUT2D eigenvalue weighted by Crippen LogP contribution is -2.51. The first-order valence-corrected chi connectivity index (χ1v) is 15.7. The molecule has 2 heterocycles. The van der Waals surface area contributed by atoms with Gasteiger partial charge in [0.05, 0.1) is 48.8 Å². The molecule has 1 saturated carbocycles. The van der Waals surface area contributed by atoms with E-state index in [1.165, 1.54) is 24.3 Å². The number of fused-ring (bicyclic) bond motifs is 1. The van der Waals surface area contributed by atoms with Crippen LogP contribution in [0.3, 0.4) is 0 Å². The highest BCUT2D eigenvalue weighted by atomic mass is 32.2. The molecule has 2 aromatic rings. The van der Waals surface area contributed by atoms with Crippen molar-refractivity contribution < 1.29 is 37.4 Å². The van der Waals surface area contributed by atoms with Gasteiger partial charge < -0.3 is 30.4 Å². The molecule has 224 valence electrons. The molecule has 12 heteroatoms. The fourth-order valence-electron chi connectivity index (χ4n) is 5.59. The van der Waals surface area contributed by atoms with Gasteiger partial charge in [-0.1, -0.05) is 54.1 Å². The van der Waals surface area contributed by atoms with Crippen molar-refractivity contribution in [1.29, 1.82) is 0 Å². The summed E-state index contributed by atoms with van der Waals surface area (Å²) in [5.41, 5.74) is 7.06. The van der Waals surface area contributed by atoms with Crippen LogP contribution in [0.1, 0.15) is 44.1 Å². The highest BCUT2D eigenvalue weighted by Gasteiger charge is 2.44. The second-order valence-corrected chi connectivity index (χ2v) is 12.7. The fourth-order valence-corrected chi connectivity index (χ4v) is 6.89. The number of carbonyl (C=O) groups is 1. The van der Waals surface area contributed by atoms with E-state index in [-0.39, 0.29) is 36.2 Å². The van der Waals surface area contributed by atoms with Crippen molar-refractivity contribution in [3.8, 4) is 0 Å². The molecule has 2 aliphatic heterocycles. The summed E-state index contributed by atoms with van der Waals surface area (Å²) in [6, 6.07) is 14.3. The lowest BCUT2D eigenvalue weighted by atomic mass is 9.98. The maximum Gasteiger partial charge on any atom is 0.407 e. The van der Waals surface area contributed by atoms with Crippen LogP contribution in [0, 0.1) is 5.92 Å². The second-order valence-electron chi connectivity index (χ2n) is 10.9. The van der Waals surface area contributed by atoms with E-state index in [0.29, 0.717) is 12.3 Å². The maximum absolute atomic E-state index is 13.7. The van der Waals surface area contributed by atoms with E-state index in [2.05, 4.69) is 5.32 Å². The Labute approximate surface area is 240 Å². The number of nitrogens with two attached hydrogens (primary N) is 1. The minimum atomic E-state index is -4.15. The zero-order chi connectivity index (χ0) is 28.8. The van der Waals surface area contributed by atoms with Gasteiger partial charge in [-0.3, -0.25) is 4.84 Å². The lowest BCUT2D eigenvalue weighted by molar-refractivity contribution is -0.156. The van der Waals surface area contributed by atoms with Gasteiger partial charge in [0, 0.05) is 5.69 Å². The molecule has 2 aromatic carbocycles. The van der Waals surface area contributed by atoms with Crippen molar-refractivity contribution in [2.24, 2.45) is 5.92 Å². The minimum Gasteiger partial charge on any atom is -0.443 e. The molecule has 5 atom stereocenters. The third-order valence-electron chi connectivity index (χ3n) is 7.91. The number of nitrogens with zero attached hydrogens (tertiary/aromatic N) is 1. The van der Waals surface area contributed by atoms with E-state index in [1.54, 1.807) is 0 Å². The standard InChI is InChI=1S/C29H39N3O8S/c30-21-11-13-23(14-12-21)41(35,36)32(40-22-9-5-2-6-10-22)18-26(33)25(17-20-7-3-1-4-8-20)31-29(34)39-27-19-38-28-24(27)15-16-37-28/h1,3-4,7-8,11-14,22,24-28,33H,2,5-6,9-10,15-19,30H2,(H,31,34)/t24-,25-,26+,27-,28+/m0/s1. The van der Waals surface area contributed by atoms with Crippen LogP contribution in [0.5, 0.6) is 0 Å². The largest absolute Gasteiger partial charge is 0.443 e. The average Bonchev–Trinajstić information content (AvgIpc) is 3.59. The lowest BCUT2D eigenvalue weighted by Gasteiger charge is -2.32. The summed E-state index contributed by atoms with van der Waals surface area (Å²) in [5, 5.41) is 14.2. The number of nitrogen functional groups attached to an aromatic ring is 1. The van der Waals surface area contributed by atoms with E-state index >= 15 is 0 Å². The molecular weight excluding hydrogens is 550 g/mol. The van der Waals surface area contributed by atoms with Crippen LogP contribution in [0.15, 0.2) is 59.5 Å². The van der Waals surface area contributed by atoms with Crippen LogP contribution in [0.4, 0.5) is 10.5 Å². The van der Waals surface area contributed by atoms with Crippen molar-refractivity contribution in [2.45, 2.75) is 80.5 Å². The summed E-state index contributed by atoms with van der Waals surface area (Å²) in [6.45, 7) is 0.384. The third kappa shape index (κ3) is 7.56. The summed E-state index contributed by atoms with van der Waals surface area (Å²) >= 11 is 0. The highest BCUT2D eigenvalue weighted by Crippen LogP contribution is 2.33. The monoisotopic (exact) mass is 589 g/mol. The molecule has 3 fully saturated rings. The molecule has 3 aliphatic rings. The van der Waals surface area contributed by atoms with Gasteiger partial charge in [-0.2, -0.15) is 0 Å². The topological polar surface area (TPSA) is 150 Å². The SMILES string of the molecule is Nc1ccc(S(=O)(=O)N(C[C@@H](O)[C@H](Cc2ccccc2)NC(=O)O[C@H]2CO[C@H]3OCC[C@H]32)OC2CCCCC2)cc1. The van der Waals surface area contributed by atoms with Gasteiger partial charge in [0.2, 0.25) is 0 Å². The first-order valence-electron chi connectivity index (χ1n) is 14.3. The van der Waals surface area contributed by atoms with E-state index < -0.39 is 40.9 Å². The quantitative estimate of drug-likeness (QED) is 0.266. The molecule has 0 aromatic heterocycles. The Hall–Kier alpha value is -2.74. The van der Waals surface area contributed by atoms with Gasteiger partial charge in [0.15, 0.2) is 6.29 Å². The Morgan fingerprint density at radius 2 is 1.78 bits per heavy atom. The van der Waals surface area contributed by atoms with Crippen molar-refractivity contribution >= 4 is 21.8 Å². The highest BCUT2D eigenvalue weighted by molar-refractivity contribution is 7.89. The molecule has 1 aliphatic carbocycles. The molecule has 0 radical (unpaired) electrons. The molecule has 41 heavy (non-hydrogen) atoms. The number of hydroxylamine groups is 1. The summed E-state index contributed by atoms with van der Waals surface area (Å²) < 4.78 is 45.0. The van der Waals surface area contributed by atoms with Gasteiger partial charge in [-0.15, -0.1) is 0 Å². The van der Waals surface area contributed by atoms with E-state index in [9.17, 15) is 18.3 Å². The molecule has 4 N–H and O–H groups in total. The number of aliphatic hydroxyl groups excluding tert-OH is 1. The summed E-state index contributed by atoms with van der Waals surface area (Å²) in [6.07, 6.45) is 2.18. The van der Waals surface area contributed by atoms with Crippen molar-refractivity contribution in [3.63, 3.8) is 0 Å². The van der Waals surface area contributed by atoms with Gasteiger partial charge in [0.1, 0.15) is 6.10 Å². The molecular formula is C29H39N3O8S. The van der Waals surface area contributed by atoms with E-state index in [1.807, 2.05) is 30.3 Å². The van der Waals surface area contributed by atoms with Crippen molar-refractivity contribution in [3.05, 3.63) is 60.2 Å². The number of nitrogens with one attached hydrogen (secondary N) is 1. The molecule has 0 spiro atoms. The number of carbonyl (C=O) groups excluding carboxylic acids is 1. The van der Waals surface area contributed by atoms with E-state index in [0.717, 1.165) is 48.6 Å². The Morgan fingerprint density at radius 1 is 1.05 bits per heavy atom. The number of amides is 1. The molecule has 5 rings (SSSR count). The number of hydrogen-bond donors (Lipinski definition) is 3. The summed E-state index contributed by atoms with van der Waals surface area (Å²) in [7, 11) is -4.15. The molecule has 2 saturated heterocycles. The molecule has 11 nitrogen and oxygen atoms in total. The normalized spacial score (nSPS) is 24.6. The number of alkyl carbamates (subject to hydrolysis) is 1. The van der Waals surface area contributed by atoms with Gasteiger partial charge in [-0.05, 0) is 55.5 Å². The number of aliphatic hydroxyl groups is 1. The first-order chi connectivity index (χ1) is 19.8. The number of hydrogen-bond acceptors (Lipinski definition) is 9. The van der Waals surface area contributed by atoms with Crippen LogP contribution >= 0.6 is 0 Å². The van der Waals surface area contributed by atoms with Gasteiger partial charge in [0.25, 0.3) is 10.0 Å². The number of rotatable bonds is 11. The maximum atomic E-state index is 13.7. The van der Waals surface area contributed by atoms with Crippen LogP contribution in [-0.4, -0.2) is 74.5 Å². The molecule has 1 amide bonds. The average molecular weight is 590 g/mol. The Bertz CT molecular complexity index is 1240. The number of benzene rings is 2. The first kappa shape index (κ1) is 29.7. The predicted octanol–water partition coefficient (Wildman–Crippen LogP) is 2.98. The van der Waals surface area contributed by atoms with Crippen LogP contribution in [0.2, 0.25) is 0 Å². The van der Waals surface area contributed by atoms with Crippen LogP contribution in [-0.2, 0) is 35.5 Å². The van der Waals surface area contributed by atoms with Gasteiger partial charge >= 0.3 is 6.09 Å². The molecule has 0 unspecified atom stereocenters. The zero-order valence-electron chi connectivity index (χ0n) is 23.0. The summed E-state index contributed by atoms with van der Waals surface area (Å²) in [5.74, 6) is -0.0392. The third-order valence-corrected chi connectivity index (χ3v) is 9.55.